The van der Waals surface area contributed by atoms with Gasteiger partial charge in [0, 0.05) is 49.2 Å². The van der Waals surface area contributed by atoms with Gasteiger partial charge in [0.2, 0.25) is 0 Å². The van der Waals surface area contributed by atoms with Gasteiger partial charge in [0.25, 0.3) is 5.91 Å². The van der Waals surface area contributed by atoms with Crippen LogP contribution in [0.3, 0.4) is 0 Å². The van der Waals surface area contributed by atoms with Crippen LogP contribution in [0.2, 0.25) is 0 Å². The number of hydrogen-bond acceptors (Lipinski definition) is 5. The lowest BCUT2D eigenvalue weighted by Gasteiger charge is -2.35. The van der Waals surface area contributed by atoms with Crippen LogP contribution in [0.5, 0.6) is 5.75 Å². The summed E-state index contributed by atoms with van der Waals surface area (Å²) < 4.78 is 7.42. The van der Waals surface area contributed by atoms with Crippen molar-refractivity contribution in [3.8, 4) is 22.6 Å². The maximum absolute atomic E-state index is 13.1. The molecule has 2 aromatic heterocycles. The number of carbonyl (C=O) groups excluding carboxylic acids is 1. The normalized spacial score (nSPS) is 13.6. The van der Waals surface area contributed by atoms with E-state index < -0.39 is 0 Å². The van der Waals surface area contributed by atoms with Gasteiger partial charge in [-0.25, -0.2) is 9.97 Å². The van der Waals surface area contributed by atoms with Gasteiger partial charge in [-0.15, -0.1) is 0 Å². The molecule has 0 aliphatic carbocycles. The quantitative estimate of drug-likeness (QED) is 0.345. The molecule has 184 valence electrons. The summed E-state index contributed by atoms with van der Waals surface area (Å²) in [5, 5.41) is 1.02. The molecule has 0 radical (unpaired) electrons. The minimum Gasteiger partial charge on any atom is -0.497 e. The molecule has 1 fully saturated rings. The van der Waals surface area contributed by atoms with Crippen molar-refractivity contribution in [2.24, 2.45) is 0 Å². The minimum atomic E-state index is 0.0200. The van der Waals surface area contributed by atoms with Gasteiger partial charge in [-0.2, -0.15) is 0 Å². The fourth-order valence-electron chi connectivity index (χ4n) is 4.97. The van der Waals surface area contributed by atoms with E-state index in [-0.39, 0.29) is 5.91 Å². The van der Waals surface area contributed by atoms with Crippen molar-refractivity contribution in [1.82, 2.24) is 19.4 Å². The summed E-state index contributed by atoms with van der Waals surface area (Å²) in [7, 11) is 1.61. The van der Waals surface area contributed by atoms with E-state index in [1.54, 1.807) is 19.5 Å². The average molecular weight is 490 g/mol. The Labute approximate surface area is 215 Å². The summed E-state index contributed by atoms with van der Waals surface area (Å²) in [6, 6.07) is 27.9. The number of fused-ring (bicyclic) bond motifs is 1. The lowest BCUT2D eigenvalue weighted by molar-refractivity contribution is 0.0746. The van der Waals surface area contributed by atoms with Gasteiger partial charge in [-0.05, 0) is 35.9 Å². The molecule has 5 aromatic rings. The number of para-hydroxylation sites is 1. The van der Waals surface area contributed by atoms with Crippen LogP contribution in [0.4, 0.5) is 5.82 Å². The van der Waals surface area contributed by atoms with E-state index in [1.807, 2.05) is 59.5 Å². The van der Waals surface area contributed by atoms with Crippen molar-refractivity contribution in [2.75, 3.05) is 38.2 Å². The summed E-state index contributed by atoms with van der Waals surface area (Å²) in [5.41, 5.74) is 4.76. The molecule has 0 spiro atoms. The van der Waals surface area contributed by atoms with Crippen LogP contribution < -0.4 is 9.64 Å². The SMILES string of the molecule is COc1cccc(C(=O)N2CCN(c3ncnc4c3c(-c3ccccc3)cn4-c3ccccc3)CC2)c1. The van der Waals surface area contributed by atoms with Crippen LogP contribution in [0.25, 0.3) is 27.8 Å². The number of hydrogen-bond donors (Lipinski definition) is 0. The maximum Gasteiger partial charge on any atom is 0.254 e. The Kier molecular flexibility index (Phi) is 6.02. The number of piperazine rings is 1. The van der Waals surface area contributed by atoms with Crippen LogP contribution >= 0.6 is 0 Å². The smallest absolute Gasteiger partial charge is 0.254 e. The molecule has 7 nitrogen and oxygen atoms in total. The Hall–Kier alpha value is -4.65. The third-order valence-electron chi connectivity index (χ3n) is 6.87. The first-order valence-corrected chi connectivity index (χ1v) is 12.4. The zero-order valence-corrected chi connectivity index (χ0v) is 20.6. The molecule has 1 aliphatic rings. The maximum atomic E-state index is 13.1. The van der Waals surface area contributed by atoms with E-state index >= 15 is 0 Å². The Morgan fingerprint density at radius 3 is 2.30 bits per heavy atom. The van der Waals surface area contributed by atoms with Crippen molar-refractivity contribution in [2.45, 2.75) is 0 Å². The summed E-state index contributed by atoms with van der Waals surface area (Å²) >= 11 is 0. The molecule has 0 bridgehead atoms. The zero-order valence-electron chi connectivity index (χ0n) is 20.6. The standard InChI is InChI=1S/C30H27N5O2/c1-37-25-14-8-11-23(19-25)30(36)34-17-15-33(16-18-34)28-27-26(22-9-4-2-5-10-22)20-35(29(27)32-21-31-28)24-12-6-3-7-13-24/h2-14,19-21H,15-18H2,1H3. The van der Waals surface area contributed by atoms with Crippen molar-refractivity contribution < 1.29 is 9.53 Å². The third-order valence-corrected chi connectivity index (χ3v) is 6.87. The first-order chi connectivity index (χ1) is 18.2. The second-order valence-electron chi connectivity index (χ2n) is 9.02. The molecule has 0 atom stereocenters. The summed E-state index contributed by atoms with van der Waals surface area (Å²) in [6.45, 7) is 2.60. The molecule has 1 aliphatic heterocycles. The highest BCUT2D eigenvalue weighted by atomic mass is 16.5. The zero-order chi connectivity index (χ0) is 25.2. The highest BCUT2D eigenvalue weighted by Crippen LogP contribution is 2.37. The lowest BCUT2D eigenvalue weighted by atomic mass is 10.1. The monoisotopic (exact) mass is 489 g/mol. The van der Waals surface area contributed by atoms with E-state index in [1.165, 1.54) is 0 Å². The largest absolute Gasteiger partial charge is 0.497 e. The molecular formula is C30H27N5O2. The van der Waals surface area contributed by atoms with Crippen molar-refractivity contribution in [3.63, 3.8) is 0 Å². The second kappa shape index (κ2) is 9.78. The number of rotatable bonds is 5. The highest BCUT2D eigenvalue weighted by Gasteiger charge is 2.26. The Bertz CT molecular complexity index is 1540. The van der Waals surface area contributed by atoms with E-state index in [4.69, 9.17) is 14.7 Å². The molecule has 3 aromatic carbocycles. The molecule has 3 heterocycles. The van der Waals surface area contributed by atoms with E-state index in [2.05, 4.69) is 39.9 Å². The van der Waals surface area contributed by atoms with Crippen LogP contribution in [-0.2, 0) is 0 Å². The van der Waals surface area contributed by atoms with Crippen molar-refractivity contribution in [1.29, 1.82) is 0 Å². The van der Waals surface area contributed by atoms with Crippen LogP contribution in [0, 0.1) is 0 Å². The molecule has 0 saturated carbocycles. The number of carbonyl (C=O) groups is 1. The van der Waals surface area contributed by atoms with Gasteiger partial charge in [0.15, 0.2) is 5.65 Å². The van der Waals surface area contributed by atoms with E-state index in [0.29, 0.717) is 37.5 Å². The molecule has 7 heteroatoms. The fraction of sp³-hybridized carbons (Fsp3) is 0.167. The average Bonchev–Trinajstić information content (AvgIpc) is 3.38. The molecule has 37 heavy (non-hydrogen) atoms. The first-order valence-electron chi connectivity index (χ1n) is 12.4. The molecule has 1 saturated heterocycles. The summed E-state index contributed by atoms with van der Waals surface area (Å²) in [6.07, 6.45) is 3.79. The summed E-state index contributed by atoms with van der Waals surface area (Å²) in [5.74, 6) is 1.60. The number of methoxy groups -OCH3 is 1. The van der Waals surface area contributed by atoms with Crippen molar-refractivity contribution >= 4 is 22.8 Å². The molecule has 1 amide bonds. The van der Waals surface area contributed by atoms with Gasteiger partial charge < -0.3 is 19.1 Å². The third kappa shape index (κ3) is 4.29. The Morgan fingerprint density at radius 2 is 1.57 bits per heavy atom. The molecule has 0 N–H and O–H groups in total. The minimum absolute atomic E-state index is 0.0200. The van der Waals surface area contributed by atoms with E-state index in [9.17, 15) is 4.79 Å². The molecular weight excluding hydrogens is 462 g/mol. The van der Waals surface area contributed by atoms with Gasteiger partial charge in [0.05, 0.1) is 12.5 Å². The van der Waals surface area contributed by atoms with Crippen LogP contribution in [0.15, 0.2) is 97.5 Å². The predicted octanol–water partition coefficient (Wildman–Crippen LogP) is 5.06. The van der Waals surface area contributed by atoms with Gasteiger partial charge in [0.1, 0.15) is 17.9 Å². The highest BCUT2D eigenvalue weighted by molar-refractivity contribution is 6.02. The second-order valence-corrected chi connectivity index (χ2v) is 9.02. The number of amides is 1. The number of nitrogens with zero attached hydrogens (tertiary/aromatic N) is 5. The van der Waals surface area contributed by atoms with Crippen molar-refractivity contribution in [3.05, 3.63) is 103 Å². The van der Waals surface area contributed by atoms with E-state index in [0.717, 1.165) is 33.7 Å². The fourth-order valence-corrected chi connectivity index (χ4v) is 4.97. The predicted molar refractivity (Wildman–Crippen MR) is 145 cm³/mol. The topological polar surface area (TPSA) is 63.5 Å². The lowest BCUT2D eigenvalue weighted by Crippen LogP contribution is -2.49. The first kappa shape index (κ1) is 22.8. The van der Waals surface area contributed by atoms with Crippen LogP contribution in [0.1, 0.15) is 10.4 Å². The number of ether oxygens (including phenoxy) is 1. The Morgan fingerprint density at radius 1 is 0.838 bits per heavy atom. The number of aromatic nitrogens is 3. The van der Waals surface area contributed by atoms with Gasteiger partial charge in [-0.3, -0.25) is 4.79 Å². The molecule has 6 rings (SSSR count). The van der Waals surface area contributed by atoms with Gasteiger partial charge in [-0.1, -0.05) is 54.6 Å². The van der Waals surface area contributed by atoms with Gasteiger partial charge >= 0.3 is 0 Å². The van der Waals surface area contributed by atoms with Crippen LogP contribution in [-0.4, -0.2) is 58.6 Å². The molecule has 0 unspecified atom stereocenters. The Balaban J connectivity index is 1.35. The number of benzene rings is 3. The number of anilines is 1. The summed E-state index contributed by atoms with van der Waals surface area (Å²) in [4.78, 5) is 26.8.